The van der Waals surface area contributed by atoms with Gasteiger partial charge < -0.3 is 10.6 Å². The number of alkyl halides is 3. The van der Waals surface area contributed by atoms with E-state index in [1.54, 1.807) is 41.3 Å². The molecule has 2 N–H and O–H groups in total. The van der Waals surface area contributed by atoms with E-state index in [0.717, 1.165) is 17.7 Å². The zero-order valence-electron chi connectivity index (χ0n) is 14.7. The highest BCUT2D eigenvalue weighted by Gasteiger charge is 2.29. The number of nitrogens with one attached hydrogen (secondary N) is 2. The number of carbonyl (C=O) groups is 1. The van der Waals surface area contributed by atoms with Gasteiger partial charge in [0.25, 0.3) is 0 Å². The molecule has 0 aliphatic rings. The zero-order valence-corrected chi connectivity index (χ0v) is 14.7. The monoisotopic (exact) mass is 386 g/mol. The van der Waals surface area contributed by atoms with Crippen molar-refractivity contribution in [1.82, 2.24) is 9.78 Å². The SMILES string of the molecule is C=CC(=O)Nc1ccc(Nc2ccc(C(F)(F)F)cc2)c(Cn2cccn2)c1. The van der Waals surface area contributed by atoms with Gasteiger partial charge >= 0.3 is 6.18 Å². The Morgan fingerprint density at radius 1 is 1.14 bits per heavy atom. The van der Waals surface area contributed by atoms with Gasteiger partial charge in [-0.25, -0.2) is 0 Å². The highest BCUT2D eigenvalue weighted by atomic mass is 19.4. The van der Waals surface area contributed by atoms with Crippen molar-refractivity contribution in [3.63, 3.8) is 0 Å². The van der Waals surface area contributed by atoms with Crippen molar-refractivity contribution in [3.8, 4) is 0 Å². The molecule has 0 unspecified atom stereocenters. The molecule has 1 aromatic heterocycles. The van der Waals surface area contributed by atoms with Crippen LogP contribution in [0.2, 0.25) is 0 Å². The summed E-state index contributed by atoms with van der Waals surface area (Å²) in [5, 5.41) is 9.97. The number of amides is 1. The minimum atomic E-state index is -4.38. The lowest BCUT2D eigenvalue weighted by Crippen LogP contribution is -2.09. The van der Waals surface area contributed by atoms with E-state index in [-0.39, 0.29) is 5.91 Å². The lowest BCUT2D eigenvalue weighted by atomic mass is 10.1. The fourth-order valence-corrected chi connectivity index (χ4v) is 2.58. The molecule has 8 heteroatoms. The van der Waals surface area contributed by atoms with Crippen LogP contribution in [0.3, 0.4) is 0 Å². The predicted molar refractivity (Wildman–Crippen MR) is 101 cm³/mol. The maximum absolute atomic E-state index is 12.7. The van der Waals surface area contributed by atoms with Crippen LogP contribution in [0.5, 0.6) is 0 Å². The Hall–Kier alpha value is -3.55. The molecule has 0 atom stereocenters. The molecule has 0 aliphatic heterocycles. The molecule has 0 fully saturated rings. The molecule has 3 rings (SSSR count). The molecule has 28 heavy (non-hydrogen) atoms. The number of aromatic nitrogens is 2. The molecule has 0 saturated carbocycles. The number of benzene rings is 2. The third kappa shape index (κ3) is 4.79. The molecule has 0 spiro atoms. The summed E-state index contributed by atoms with van der Waals surface area (Å²) in [4.78, 5) is 11.5. The van der Waals surface area contributed by atoms with Gasteiger partial charge in [0.1, 0.15) is 0 Å². The lowest BCUT2D eigenvalue weighted by Gasteiger charge is -2.15. The first-order valence-electron chi connectivity index (χ1n) is 8.33. The van der Waals surface area contributed by atoms with Gasteiger partial charge in [-0.2, -0.15) is 18.3 Å². The van der Waals surface area contributed by atoms with Gasteiger partial charge in [-0.15, -0.1) is 0 Å². The summed E-state index contributed by atoms with van der Waals surface area (Å²) >= 11 is 0. The molecule has 5 nitrogen and oxygen atoms in total. The third-order valence-electron chi connectivity index (χ3n) is 3.94. The van der Waals surface area contributed by atoms with Gasteiger partial charge in [0.2, 0.25) is 5.91 Å². The number of hydrogen-bond donors (Lipinski definition) is 2. The zero-order chi connectivity index (χ0) is 20.1. The second-order valence-electron chi connectivity index (χ2n) is 5.97. The summed E-state index contributed by atoms with van der Waals surface area (Å²) in [6.45, 7) is 3.83. The van der Waals surface area contributed by atoms with E-state index in [9.17, 15) is 18.0 Å². The Balaban J connectivity index is 1.88. The Labute approximate surface area is 159 Å². The van der Waals surface area contributed by atoms with Gasteiger partial charge in [0.05, 0.1) is 12.1 Å². The summed E-state index contributed by atoms with van der Waals surface area (Å²) < 4.78 is 39.9. The maximum Gasteiger partial charge on any atom is 0.416 e. The fourth-order valence-electron chi connectivity index (χ4n) is 2.58. The first-order valence-corrected chi connectivity index (χ1v) is 8.33. The van der Waals surface area contributed by atoms with Gasteiger partial charge in [0, 0.05) is 29.5 Å². The lowest BCUT2D eigenvalue weighted by molar-refractivity contribution is -0.137. The topological polar surface area (TPSA) is 59.0 Å². The number of hydrogen-bond acceptors (Lipinski definition) is 3. The largest absolute Gasteiger partial charge is 0.416 e. The van der Waals surface area contributed by atoms with Crippen LogP contribution < -0.4 is 10.6 Å². The minimum absolute atomic E-state index is 0.339. The van der Waals surface area contributed by atoms with Crippen molar-refractivity contribution in [3.05, 3.63) is 84.7 Å². The van der Waals surface area contributed by atoms with E-state index in [4.69, 9.17) is 0 Å². The van der Waals surface area contributed by atoms with Gasteiger partial charge in [-0.1, -0.05) is 6.58 Å². The Morgan fingerprint density at radius 3 is 2.46 bits per heavy atom. The van der Waals surface area contributed by atoms with Crippen LogP contribution in [0, 0.1) is 0 Å². The fraction of sp³-hybridized carbons (Fsp3) is 0.100. The molecule has 0 saturated heterocycles. The average molecular weight is 386 g/mol. The molecular formula is C20H17F3N4O. The maximum atomic E-state index is 12.7. The van der Waals surface area contributed by atoms with Crippen LogP contribution in [-0.2, 0) is 17.5 Å². The molecule has 1 heterocycles. The quantitative estimate of drug-likeness (QED) is 0.597. The number of rotatable bonds is 6. The molecular weight excluding hydrogens is 369 g/mol. The normalized spacial score (nSPS) is 11.1. The van der Waals surface area contributed by atoms with E-state index >= 15 is 0 Å². The van der Waals surface area contributed by atoms with Crippen LogP contribution in [0.1, 0.15) is 11.1 Å². The summed E-state index contributed by atoms with van der Waals surface area (Å²) in [5.41, 5.74) is 1.86. The second-order valence-corrected chi connectivity index (χ2v) is 5.97. The predicted octanol–water partition coefficient (Wildman–Crippen LogP) is 4.82. The molecule has 3 aromatic rings. The Kier molecular flexibility index (Phi) is 5.49. The molecule has 2 aromatic carbocycles. The molecule has 1 amide bonds. The highest BCUT2D eigenvalue weighted by molar-refractivity contribution is 5.99. The summed E-state index contributed by atoms with van der Waals surface area (Å²) in [6.07, 6.45) is 0.222. The van der Waals surface area contributed by atoms with E-state index in [1.807, 2.05) is 0 Å². The number of halogens is 3. The Bertz CT molecular complexity index is 964. The van der Waals surface area contributed by atoms with Gasteiger partial charge in [-0.05, 0) is 60.2 Å². The number of anilines is 3. The highest BCUT2D eigenvalue weighted by Crippen LogP contribution is 2.31. The van der Waals surface area contributed by atoms with Crippen molar-refractivity contribution in [2.24, 2.45) is 0 Å². The van der Waals surface area contributed by atoms with Crippen LogP contribution in [0.4, 0.5) is 30.2 Å². The van der Waals surface area contributed by atoms with Crippen LogP contribution >= 0.6 is 0 Å². The second kappa shape index (κ2) is 7.99. The first-order chi connectivity index (χ1) is 13.3. The van der Waals surface area contributed by atoms with Gasteiger partial charge in [-0.3, -0.25) is 9.48 Å². The van der Waals surface area contributed by atoms with Crippen molar-refractivity contribution < 1.29 is 18.0 Å². The van der Waals surface area contributed by atoms with E-state index < -0.39 is 11.7 Å². The van der Waals surface area contributed by atoms with E-state index in [0.29, 0.717) is 23.6 Å². The number of carbonyl (C=O) groups excluding carboxylic acids is 1. The first kappa shape index (κ1) is 19.2. The van der Waals surface area contributed by atoms with Crippen LogP contribution in [0.25, 0.3) is 0 Å². The summed E-state index contributed by atoms with van der Waals surface area (Å²) in [7, 11) is 0. The molecule has 144 valence electrons. The Morgan fingerprint density at radius 2 is 1.86 bits per heavy atom. The van der Waals surface area contributed by atoms with Crippen molar-refractivity contribution in [2.75, 3.05) is 10.6 Å². The third-order valence-corrected chi connectivity index (χ3v) is 3.94. The average Bonchev–Trinajstić information content (AvgIpc) is 3.16. The number of nitrogens with zero attached hydrogens (tertiary/aromatic N) is 2. The van der Waals surface area contributed by atoms with Crippen molar-refractivity contribution in [1.29, 1.82) is 0 Å². The van der Waals surface area contributed by atoms with Crippen LogP contribution in [0.15, 0.2) is 73.6 Å². The van der Waals surface area contributed by atoms with Gasteiger partial charge in [0.15, 0.2) is 0 Å². The molecule has 0 radical (unpaired) electrons. The summed E-state index contributed by atoms with van der Waals surface area (Å²) in [6, 6.07) is 11.8. The van der Waals surface area contributed by atoms with Crippen molar-refractivity contribution >= 4 is 23.0 Å². The van der Waals surface area contributed by atoms with E-state index in [1.165, 1.54) is 18.2 Å². The molecule has 0 bridgehead atoms. The summed E-state index contributed by atoms with van der Waals surface area (Å²) in [5.74, 6) is -0.339. The smallest absolute Gasteiger partial charge is 0.355 e. The van der Waals surface area contributed by atoms with Crippen molar-refractivity contribution in [2.45, 2.75) is 12.7 Å². The standard InChI is InChI=1S/C20H17F3N4O/c1-2-19(28)26-17-8-9-18(14(12-17)13-27-11-3-10-24-27)25-16-6-4-15(5-7-16)20(21,22)23/h2-12,25H,1,13H2,(H,26,28). The van der Waals surface area contributed by atoms with E-state index in [2.05, 4.69) is 22.3 Å². The minimum Gasteiger partial charge on any atom is -0.355 e. The van der Waals surface area contributed by atoms with Crippen LogP contribution in [-0.4, -0.2) is 15.7 Å². The molecule has 0 aliphatic carbocycles.